The highest BCUT2D eigenvalue weighted by Crippen LogP contribution is 2.30. The molecule has 0 fully saturated rings. The fraction of sp³-hybridized carbons (Fsp3) is 0.487. The van der Waals surface area contributed by atoms with Crippen LogP contribution in [0.3, 0.4) is 0 Å². The summed E-state index contributed by atoms with van der Waals surface area (Å²) in [5.41, 5.74) is 3.61. The van der Waals surface area contributed by atoms with Crippen LogP contribution in [0.25, 0.3) is 22.5 Å². The van der Waals surface area contributed by atoms with E-state index in [0.717, 1.165) is 35.1 Å². The van der Waals surface area contributed by atoms with Crippen molar-refractivity contribution < 1.29 is 19.3 Å². The number of aromatic amines is 1. The molecule has 0 aliphatic carbocycles. The summed E-state index contributed by atoms with van der Waals surface area (Å²) in [6.45, 7) is 9.25. The highest BCUT2D eigenvalue weighted by Gasteiger charge is 2.27. The molecule has 2 aromatic carbocycles. The van der Waals surface area contributed by atoms with Crippen molar-refractivity contribution in [1.29, 1.82) is 0 Å². The SMILES string of the molecule is CCCCC(=O)N(Cc1ccc(-c2ccccc2-c2nn[nH]n2)cc1)[C@H](C(=O)[O-])C(C)C.CCCCCCCCCC[n+]1ccccc1. The van der Waals surface area contributed by atoms with E-state index in [2.05, 4.69) is 62.7 Å². The number of carboxylic acids is 1. The molecule has 48 heavy (non-hydrogen) atoms. The number of rotatable bonds is 19. The number of hydrogen-bond donors (Lipinski definition) is 1. The van der Waals surface area contributed by atoms with Crippen molar-refractivity contribution in [2.45, 2.75) is 117 Å². The molecule has 0 saturated heterocycles. The molecule has 1 amide bonds. The van der Waals surface area contributed by atoms with E-state index in [1.165, 1.54) is 62.8 Å². The fourth-order valence-electron chi connectivity index (χ4n) is 5.78. The molecule has 2 aromatic heterocycles. The summed E-state index contributed by atoms with van der Waals surface area (Å²) in [5.74, 6) is -1.14. The Hall–Kier alpha value is -4.40. The van der Waals surface area contributed by atoms with Gasteiger partial charge in [-0.2, -0.15) is 5.21 Å². The van der Waals surface area contributed by atoms with E-state index in [-0.39, 0.29) is 18.4 Å². The van der Waals surface area contributed by atoms with Crippen molar-refractivity contribution >= 4 is 11.9 Å². The van der Waals surface area contributed by atoms with Crippen LogP contribution in [0.5, 0.6) is 0 Å². The molecule has 0 aliphatic rings. The Morgan fingerprint density at radius 2 is 1.42 bits per heavy atom. The lowest BCUT2D eigenvalue weighted by Gasteiger charge is -2.35. The average molecular weight is 655 g/mol. The maximum Gasteiger partial charge on any atom is 0.223 e. The van der Waals surface area contributed by atoms with Crippen LogP contribution in [0.15, 0.2) is 79.1 Å². The van der Waals surface area contributed by atoms with Gasteiger partial charge in [-0.25, -0.2) is 4.57 Å². The molecular formula is C39H54N6O3. The van der Waals surface area contributed by atoms with Gasteiger partial charge in [0.1, 0.15) is 6.54 Å². The first-order chi connectivity index (χ1) is 23.3. The van der Waals surface area contributed by atoms with Crippen LogP contribution in [-0.2, 0) is 22.7 Å². The van der Waals surface area contributed by atoms with Gasteiger partial charge in [-0.1, -0.05) is 127 Å². The molecule has 0 bridgehead atoms. The van der Waals surface area contributed by atoms with Crippen LogP contribution in [0.1, 0.15) is 104 Å². The third-order valence-corrected chi connectivity index (χ3v) is 8.45. The van der Waals surface area contributed by atoms with Crippen molar-refractivity contribution in [3.63, 3.8) is 0 Å². The molecule has 4 aromatic rings. The normalized spacial score (nSPS) is 11.5. The molecule has 2 heterocycles. The fourth-order valence-corrected chi connectivity index (χ4v) is 5.78. The van der Waals surface area contributed by atoms with E-state index < -0.39 is 12.0 Å². The second kappa shape index (κ2) is 21.5. The van der Waals surface area contributed by atoms with E-state index in [1.807, 2.05) is 55.5 Å². The number of unbranched alkanes of at least 4 members (excludes halogenated alkanes) is 8. The minimum atomic E-state index is -1.23. The maximum atomic E-state index is 12.8. The number of aryl methyl sites for hydroxylation is 1. The monoisotopic (exact) mass is 654 g/mol. The lowest BCUT2D eigenvalue weighted by atomic mass is 9.97. The number of aliphatic carboxylic acids is 1. The summed E-state index contributed by atoms with van der Waals surface area (Å²) in [4.78, 5) is 26.1. The summed E-state index contributed by atoms with van der Waals surface area (Å²) in [5, 5.41) is 26.1. The van der Waals surface area contributed by atoms with Crippen LogP contribution in [0, 0.1) is 5.92 Å². The molecule has 0 aliphatic heterocycles. The van der Waals surface area contributed by atoms with Crippen LogP contribution < -0.4 is 9.67 Å². The van der Waals surface area contributed by atoms with Gasteiger partial charge in [-0.05, 0) is 40.7 Å². The minimum Gasteiger partial charge on any atom is -0.548 e. The summed E-state index contributed by atoms with van der Waals surface area (Å²) in [6.07, 6.45) is 17.4. The summed E-state index contributed by atoms with van der Waals surface area (Å²) >= 11 is 0. The number of H-pyrrole nitrogens is 1. The Bertz CT molecular complexity index is 1460. The van der Waals surface area contributed by atoms with Gasteiger partial charge >= 0.3 is 0 Å². The average Bonchev–Trinajstić information content (AvgIpc) is 3.64. The Kier molecular flexibility index (Phi) is 17.0. The van der Waals surface area contributed by atoms with Gasteiger partial charge in [0.25, 0.3) is 0 Å². The van der Waals surface area contributed by atoms with Gasteiger partial charge in [0.2, 0.25) is 11.7 Å². The van der Waals surface area contributed by atoms with Gasteiger partial charge in [0, 0.05) is 37.1 Å². The number of aromatic nitrogens is 5. The Labute approximate surface area is 286 Å². The number of hydrogen-bond acceptors (Lipinski definition) is 6. The number of nitrogens with zero attached hydrogens (tertiary/aromatic N) is 5. The zero-order chi connectivity index (χ0) is 34.6. The zero-order valence-corrected chi connectivity index (χ0v) is 29.3. The number of tetrazole rings is 1. The van der Waals surface area contributed by atoms with Crippen molar-refractivity contribution in [2.75, 3.05) is 0 Å². The van der Waals surface area contributed by atoms with E-state index in [1.54, 1.807) is 13.8 Å². The molecule has 0 radical (unpaired) electrons. The predicted octanol–water partition coefficient (Wildman–Crippen LogP) is 6.94. The van der Waals surface area contributed by atoms with Crippen molar-refractivity contribution in [3.05, 3.63) is 84.7 Å². The summed E-state index contributed by atoms with van der Waals surface area (Å²) in [7, 11) is 0. The highest BCUT2D eigenvalue weighted by molar-refractivity contribution is 5.83. The minimum absolute atomic E-state index is 0.165. The first kappa shape index (κ1) is 38.1. The number of pyridine rings is 1. The van der Waals surface area contributed by atoms with E-state index >= 15 is 0 Å². The second-order valence-electron chi connectivity index (χ2n) is 12.7. The Morgan fingerprint density at radius 3 is 2.00 bits per heavy atom. The van der Waals surface area contributed by atoms with Crippen LogP contribution in [0.2, 0.25) is 0 Å². The molecule has 1 atom stereocenters. The van der Waals surface area contributed by atoms with Crippen molar-refractivity contribution in [3.8, 4) is 22.5 Å². The Balaban J connectivity index is 0.000000328. The van der Waals surface area contributed by atoms with E-state index in [4.69, 9.17) is 0 Å². The van der Waals surface area contributed by atoms with Gasteiger partial charge in [0.15, 0.2) is 12.4 Å². The number of amides is 1. The quantitative estimate of drug-likeness (QED) is 0.0864. The van der Waals surface area contributed by atoms with Gasteiger partial charge < -0.3 is 14.8 Å². The molecule has 0 unspecified atom stereocenters. The topological polar surface area (TPSA) is 119 Å². The number of carboxylic acid groups (broad SMARTS) is 1. The molecular weight excluding hydrogens is 600 g/mol. The smallest absolute Gasteiger partial charge is 0.223 e. The zero-order valence-electron chi connectivity index (χ0n) is 29.3. The molecule has 1 N–H and O–H groups in total. The maximum absolute atomic E-state index is 12.8. The standard InChI is InChI=1S/C24H29N5O3.C15H26N/c1-4-5-10-21(30)29(22(16(2)3)24(31)32)15-17-11-13-18(14-12-17)19-8-6-7-9-20(19)23-25-27-28-26-23;1-2-3-4-5-6-7-8-10-13-16-14-11-9-12-15-16/h6-9,11-14,16,22H,4-5,10,15H2,1-3H3,(H,31,32)(H,25,26,27,28);9,11-12,14-15H,2-8,10,13H2,1H3/q;+1/p-1/t22-;/m0./s1. The summed E-state index contributed by atoms with van der Waals surface area (Å²) in [6, 6.07) is 20.8. The molecule has 9 heteroatoms. The largest absolute Gasteiger partial charge is 0.548 e. The van der Waals surface area contributed by atoms with Crippen molar-refractivity contribution in [1.82, 2.24) is 25.5 Å². The van der Waals surface area contributed by atoms with Crippen LogP contribution in [-0.4, -0.2) is 43.4 Å². The number of carbonyl (C=O) groups is 2. The molecule has 258 valence electrons. The first-order valence-electron chi connectivity index (χ1n) is 17.7. The summed E-state index contributed by atoms with van der Waals surface area (Å²) < 4.78 is 2.27. The molecule has 0 spiro atoms. The van der Waals surface area contributed by atoms with E-state index in [0.29, 0.717) is 12.2 Å². The third kappa shape index (κ3) is 12.7. The lowest BCUT2D eigenvalue weighted by molar-refractivity contribution is -0.697. The molecule has 9 nitrogen and oxygen atoms in total. The second-order valence-corrected chi connectivity index (χ2v) is 12.7. The first-order valence-corrected chi connectivity index (χ1v) is 17.7. The van der Waals surface area contributed by atoms with Gasteiger partial charge in [-0.3, -0.25) is 4.79 Å². The lowest BCUT2D eigenvalue weighted by Crippen LogP contribution is -2.52. The van der Waals surface area contributed by atoms with Crippen molar-refractivity contribution in [2.24, 2.45) is 5.92 Å². The van der Waals surface area contributed by atoms with Gasteiger partial charge in [0.05, 0.1) is 12.0 Å². The van der Waals surface area contributed by atoms with Gasteiger partial charge in [-0.15, -0.1) is 10.2 Å². The van der Waals surface area contributed by atoms with E-state index in [9.17, 15) is 14.7 Å². The van der Waals surface area contributed by atoms with Crippen LogP contribution >= 0.6 is 0 Å². The van der Waals surface area contributed by atoms with Crippen LogP contribution in [0.4, 0.5) is 0 Å². The number of nitrogens with one attached hydrogen (secondary N) is 1. The Morgan fingerprint density at radius 1 is 0.792 bits per heavy atom. The highest BCUT2D eigenvalue weighted by atomic mass is 16.4. The molecule has 4 rings (SSSR count). The molecule has 0 saturated carbocycles. The number of benzene rings is 2. The number of carbonyl (C=O) groups excluding carboxylic acids is 2. The third-order valence-electron chi connectivity index (χ3n) is 8.45. The predicted molar refractivity (Wildman–Crippen MR) is 188 cm³/mol.